The summed E-state index contributed by atoms with van der Waals surface area (Å²) in [7, 11) is -0.531. The van der Waals surface area contributed by atoms with Gasteiger partial charge in [-0.1, -0.05) is 6.07 Å². The third kappa shape index (κ3) is 3.58. The van der Waals surface area contributed by atoms with Crippen molar-refractivity contribution in [3.05, 3.63) is 53.7 Å². The lowest BCUT2D eigenvalue weighted by Crippen LogP contribution is -2.25. The summed E-state index contributed by atoms with van der Waals surface area (Å²) in [6, 6.07) is 5.71. The van der Waals surface area contributed by atoms with Crippen LogP contribution >= 0.6 is 0 Å². The standard InChI is InChI=1S/C14H15F2N3O2S/c1-19(2)14-10(4-3-7-17-14)9-18-22(20,21)13-6-5-11(15)8-12(13)16/h3-8,18H,9H2,1-2H3. The average molecular weight is 327 g/mol. The summed E-state index contributed by atoms with van der Waals surface area (Å²) in [5.41, 5.74) is 0.638. The van der Waals surface area contributed by atoms with Crippen molar-refractivity contribution in [2.45, 2.75) is 11.4 Å². The molecule has 0 saturated carbocycles. The minimum absolute atomic E-state index is 0.0551. The van der Waals surface area contributed by atoms with Gasteiger partial charge < -0.3 is 4.90 Å². The van der Waals surface area contributed by atoms with E-state index in [1.54, 1.807) is 37.3 Å². The van der Waals surface area contributed by atoms with Gasteiger partial charge in [0.25, 0.3) is 0 Å². The first-order chi connectivity index (χ1) is 10.3. The first-order valence-corrected chi connectivity index (χ1v) is 7.85. The molecule has 0 aliphatic carbocycles. The second-order valence-electron chi connectivity index (χ2n) is 4.78. The average Bonchev–Trinajstić information content (AvgIpc) is 2.45. The van der Waals surface area contributed by atoms with Crippen molar-refractivity contribution in [3.63, 3.8) is 0 Å². The highest BCUT2D eigenvalue weighted by molar-refractivity contribution is 7.89. The zero-order valence-corrected chi connectivity index (χ0v) is 12.9. The van der Waals surface area contributed by atoms with Gasteiger partial charge in [-0.15, -0.1) is 0 Å². The van der Waals surface area contributed by atoms with Gasteiger partial charge in [0.1, 0.15) is 22.3 Å². The Kier molecular flexibility index (Phi) is 4.72. The molecule has 0 saturated heterocycles. The molecule has 0 bridgehead atoms. The van der Waals surface area contributed by atoms with Crippen LogP contribution < -0.4 is 9.62 Å². The topological polar surface area (TPSA) is 62.3 Å². The lowest BCUT2D eigenvalue weighted by molar-refractivity contribution is 0.543. The first kappa shape index (κ1) is 16.3. The highest BCUT2D eigenvalue weighted by Crippen LogP contribution is 2.18. The number of pyridine rings is 1. The van der Waals surface area contributed by atoms with Crippen molar-refractivity contribution in [1.29, 1.82) is 0 Å². The smallest absolute Gasteiger partial charge is 0.243 e. The molecule has 0 unspecified atom stereocenters. The highest BCUT2D eigenvalue weighted by Gasteiger charge is 2.20. The maximum absolute atomic E-state index is 13.6. The normalized spacial score (nSPS) is 11.5. The van der Waals surface area contributed by atoms with E-state index in [0.29, 0.717) is 17.4 Å². The number of benzene rings is 1. The van der Waals surface area contributed by atoms with E-state index in [9.17, 15) is 17.2 Å². The Bertz CT molecular complexity index is 779. The number of halogens is 2. The van der Waals surface area contributed by atoms with Gasteiger partial charge >= 0.3 is 0 Å². The molecule has 0 aliphatic rings. The van der Waals surface area contributed by atoms with Crippen molar-refractivity contribution >= 4 is 15.8 Å². The van der Waals surface area contributed by atoms with E-state index < -0.39 is 26.6 Å². The van der Waals surface area contributed by atoms with E-state index in [1.807, 2.05) is 0 Å². The number of aromatic nitrogens is 1. The Labute approximate surface area is 127 Å². The van der Waals surface area contributed by atoms with Crippen LogP contribution in [0.1, 0.15) is 5.56 Å². The van der Waals surface area contributed by atoms with Gasteiger partial charge in [-0.05, 0) is 18.2 Å². The van der Waals surface area contributed by atoms with Gasteiger partial charge in [-0.3, -0.25) is 0 Å². The summed E-state index contributed by atoms with van der Waals surface area (Å²) in [5.74, 6) is -1.37. The van der Waals surface area contributed by atoms with Crippen LogP contribution in [0, 0.1) is 11.6 Å². The van der Waals surface area contributed by atoms with Crippen molar-refractivity contribution in [3.8, 4) is 0 Å². The fourth-order valence-corrected chi connectivity index (χ4v) is 2.98. The molecule has 0 aliphatic heterocycles. The van der Waals surface area contributed by atoms with Gasteiger partial charge in [0.05, 0.1) is 0 Å². The third-order valence-electron chi connectivity index (χ3n) is 2.93. The Hall–Kier alpha value is -2.06. The summed E-state index contributed by atoms with van der Waals surface area (Å²) in [6.07, 6.45) is 1.59. The maximum Gasteiger partial charge on any atom is 0.243 e. The maximum atomic E-state index is 13.6. The molecule has 0 radical (unpaired) electrons. The minimum Gasteiger partial charge on any atom is -0.362 e. The third-order valence-corrected chi connectivity index (χ3v) is 4.36. The summed E-state index contributed by atoms with van der Waals surface area (Å²) < 4.78 is 53.0. The Balaban J connectivity index is 2.24. The Morgan fingerprint density at radius 1 is 1.23 bits per heavy atom. The molecule has 1 aromatic carbocycles. The second-order valence-corrected chi connectivity index (χ2v) is 6.52. The number of rotatable bonds is 5. The molecule has 0 amide bonds. The van der Waals surface area contributed by atoms with Gasteiger partial charge in [-0.25, -0.2) is 26.9 Å². The SMILES string of the molecule is CN(C)c1ncccc1CNS(=O)(=O)c1ccc(F)cc1F. The van der Waals surface area contributed by atoms with E-state index in [-0.39, 0.29) is 6.54 Å². The van der Waals surface area contributed by atoms with Gasteiger partial charge in [0, 0.05) is 38.5 Å². The van der Waals surface area contributed by atoms with Crippen LogP contribution in [0.5, 0.6) is 0 Å². The predicted octanol–water partition coefficient (Wildman–Crippen LogP) is 1.90. The van der Waals surface area contributed by atoms with Crippen LogP contribution in [0.15, 0.2) is 41.4 Å². The first-order valence-electron chi connectivity index (χ1n) is 6.37. The number of hydrogen-bond donors (Lipinski definition) is 1. The number of hydrogen-bond acceptors (Lipinski definition) is 4. The van der Waals surface area contributed by atoms with Gasteiger partial charge in [0.2, 0.25) is 10.0 Å². The summed E-state index contributed by atoms with van der Waals surface area (Å²) in [4.78, 5) is 5.29. The van der Waals surface area contributed by atoms with E-state index >= 15 is 0 Å². The molecule has 0 spiro atoms. The summed E-state index contributed by atoms with van der Waals surface area (Å²) >= 11 is 0. The quantitative estimate of drug-likeness (QED) is 0.911. The molecule has 22 heavy (non-hydrogen) atoms. The molecule has 5 nitrogen and oxygen atoms in total. The van der Waals surface area contributed by atoms with E-state index in [2.05, 4.69) is 9.71 Å². The van der Waals surface area contributed by atoms with Crippen LogP contribution in [0.25, 0.3) is 0 Å². The van der Waals surface area contributed by atoms with Crippen LogP contribution in [0.3, 0.4) is 0 Å². The molecule has 1 aromatic heterocycles. The van der Waals surface area contributed by atoms with Gasteiger partial charge in [-0.2, -0.15) is 0 Å². The second kappa shape index (κ2) is 6.37. The van der Waals surface area contributed by atoms with Crippen LogP contribution in [-0.4, -0.2) is 27.5 Å². The Morgan fingerprint density at radius 2 is 1.95 bits per heavy atom. The molecule has 0 fully saturated rings. The molecule has 2 aromatic rings. The van der Waals surface area contributed by atoms with E-state index in [4.69, 9.17) is 0 Å². The van der Waals surface area contributed by atoms with Crippen LogP contribution in [0.2, 0.25) is 0 Å². The monoisotopic (exact) mass is 327 g/mol. The molecule has 118 valence electrons. The molecular formula is C14H15F2N3O2S. The van der Waals surface area contributed by atoms with Crippen molar-refractivity contribution < 1.29 is 17.2 Å². The lowest BCUT2D eigenvalue weighted by atomic mass is 10.2. The van der Waals surface area contributed by atoms with E-state index in [0.717, 1.165) is 12.1 Å². The number of sulfonamides is 1. The number of nitrogens with one attached hydrogen (secondary N) is 1. The van der Waals surface area contributed by atoms with Crippen LogP contribution in [0.4, 0.5) is 14.6 Å². The largest absolute Gasteiger partial charge is 0.362 e. The molecule has 0 atom stereocenters. The molecule has 2 rings (SSSR count). The molecule has 1 N–H and O–H groups in total. The molecule has 1 heterocycles. The minimum atomic E-state index is -4.09. The molecular weight excluding hydrogens is 312 g/mol. The predicted molar refractivity (Wildman–Crippen MR) is 78.9 cm³/mol. The lowest BCUT2D eigenvalue weighted by Gasteiger charge is -2.16. The van der Waals surface area contributed by atoms with E-state index in [1.165, 1.54) is 0 Å². The Morgan fingerprint density at radius 3 is 2.59 bits per heavy atom. The number of nitrogens with zero attached hydrogens (tertiary/aromatic N) is 2. The van der Waals surface area contributed by atoms with Crippen molar-refractivity contribution in [2.75, 3.05) is 19.0 Å². The zero-order chi connectivity index (χ0) is 16.3. The summed E-state index contributed by atoms with van der Waals surface area (Å²) in [5, 5.41) is 0. The van der Waals surface area contributed by atoms with Crippen LogP contribution in [-0.2, 0) is 16.6 Å². The molecule has 8 heteroatoms. The zero-order valence-electron chi connectivity index (χ0n) is 12.0. The van der Waals surface area contributed by atoms with Gasteiger partial charge in [0.15, 0.2) is 0 Å². The van der Waals surface area contributed by atoms with Crippen molar-refractivity contribution in [2.24, 2.45) is 0 Å². The number of anilines is 1. The summed E-state index contributed by atoms with van der Waals surface area (Å²) in [6.45, 7) is -0.0551. The van der Waals surface area contributed by atoms with Crippen molar-refractivity contribution in [1.82, 2.24) is 9.71 Å². The highest BCUT2D eigenvalue weighted by atomic mass is 32.2. The fraction of sp³-hybridized carbons (Fsp3) is 0.214. The fourth-order valence-electron chi connectivity index (χ4n) is 1.91.